The van der Waals surface area contributed by atoms with Crippen molar-refractivity contribution < 1.29 is 4.99 Å². The van der Waals surface area contributed by atoms with Crippen molar-refractivity contribution in [3.8, 4) is 0 Å². The maximum absolute atomic E-state index is 5.57. The van der Waals surface area contributed by atoms with Gasteiger partial charge in [-0.1, -0.05) is 6.07 Å². The molecule has 0 heterocycles. The molecule has 0 aliphatic heterocycles. The van der Waals surface area contributed by atoms with Gasteiger partial charge in [0.2, 0.25) is 0 Å². The standard InChI is InChI=1S/C8H12N4/c1-5-2-3-6(9)4-7(5)12-8(10)11/h2-4H,9H2,1H3,(H4,10,11,12)/p+1. The molecule has 0 radical (unpaired) electrons. The van der Waals surface area contributed by atoms with Crippen LogP contribution in [0, 0.1) is 6.92 Å². The van der Waals surface area contributed by atoms with Gasteiger partial charge < -0.3 is 5.73 Å². The molecule has 0 unspecified atom stereocenters. The van der Waals surface area contributed by atoms with E-state index < -0.39 is 0 Å². The molecule has 1 aromatic carbocycles. The summed E-state index contributed by atoms with van der Waals surface area (Å²) in [5.41, 5.74) is 18.7. The molecule has 7 N–H and O–H groups in total. The first kappa shape index (κ1) is 8.39. The molecule has 0 spiro atoms. The zero-order valence-electron chi connectivity index (χ0n) is 6.96. The highest BCUT2D eigenvalue weighted by Gasteiger charge is 1.98. The Morgan fingerprint density at radius 2 is 2.00 bits per heavy atom. The van der Waals surface area contributed by atoms with Gasteiger partial charge in [0.05, 0.1) is 0 Å². The Morgan fingerprint density at radius 3 is 2.58 bits per heavy atom. The molecule has 0 aliphatic carbocycles. The second kappa shape index (κ2) is 3.13. The highest BCUT2D eigenvalue weighted by atomic mass is 15.0. The van der Waals surface area contributed by atoms with Crippen LogP contribution in [-0.4, -0.2) is 5.96 Å². The Balaban J connectivity index is 3.14. The lowest BCUT2D eigenvalue weighted by molar-refractivity contribution is -0.356. The fourth-order valence-corrected chi connectivity index (χ4v) is 0.930. The number of nitrogens with two attached hydrogens (primary N) is 3. The van der Waals surface area contributed by atoms with E-state index in [1.54, 1.807) is 6.07 Å². The third-order valence-electron chi connectivity index (χ3n) is 1.54. The van der Waals surface area contributed by atoms with E-state index in [0.717, 1.165) is 11.3 Å². The number of rotatable bonds is 1. The third-order valence-corrected chi connectivity index (χ3v) is 1.54. The summed E-state index contributed by atoms with van der Waals surface area (Å²) in [6.07, 6.45) is 0. The van der Waals surface area contributed by atoms with E-state index in [4.69, 9.17) is 17.2 Å². The molecular formula is C8H13N4+. The smallest absolute Gasteiger partial charge is 0.343 e. The lowest BCUT2D eigenvalue weighted by Gasteiger charge is -1.99. The van der Waals surface area contributed by atoms with Crippen molar-refractivity contribution in [2.24, 2.45) is 11.5 Å². The SMILES string of the molecule is Cc1ccc(N)cc1[NH+]=C(N)N. The van der Waals surface area contributed by atoms with Crippen molar-refractivity contribution in [1.82, 2.24) is 0 Å². The highest BCUT2D eigenvalue weighted by Crippen LogP contribution is 2.11. The predicted octanol–water partition coefficient (Wildman–Crippen LogP) is -1.44. The summed E-state index contributed by atoms with van der Waals surface area (Å²) in [6, 6.07) is 5.52. The monoisotopic (exact) mass is 165 g/mol. The minimum Gasteiger partial charge on any atom is -0.399 e. The Hall–Kier alpha value is -1.71. The second-order valence-corrected chi connectivity index (χ2v) is 2.65. The molecule has 0 bridgehead atoms. The first-order valence-electron chi connectivity index (χ1n) is 3.60. The Bertz CT molecular complexity index is 313. The van der Waals surface area contributed by atoms with Crippen LogP contribution in [0.15, 0.2) is 18.2 Å². The van der Waals surface area contributed by atoms with Gasteiger partial charge in [-0.2, -0.15) is 0 Å². The number of guanidine groups is 1. The van der Waals surface area contributed by atoms with Crippen molar-refractivity contribution in [2.45, 2.75) is 6.92 Å². The van der Waals surface area contributed by atoms with Crippen LogP contribution >= 0.6 is 0 Å². The first-order chi connectivity index (χ1) is 5.59. The van der Waals surface area contributed by atoms with Crippen molar-refractivity contribution in [3.05, 3.63) is 23.8 Å². The molecule has 64 valence electrons. The van der Waals surface area contributed by atoms with Gasteiger partial charge >= 0.3 is 5.96 Å². The summed E-state index contributed by atoms with van der Waals surface area (Å²) in [5, 5.41) is 0. The quantitative estimate of drug-likeness (QED) is 0.233. The van der Waals surface area contributed by atoms with Gasteiger partial charge in [-0.3, -0.25) is 11.5 Å². The zero-order valence-corrected chi connectivity index (χ0v) is 6.96. The van der Waals surface area contributed by atoms with Crippen molar-refractivity contribution in [2.75, 3.05) is 5.73 Å². The van der Waals surface area contributed by atoms with Gasteiger partial charge in [-0.25, -0.2) is 4.99 Å². The van der Waals surface area contributed by atoms with Crippen LogP contribution in [0.1, 0.15) is 5.56 Å². The molecule has 0 amide bonds. The molecule has 1 aromatic rings. The third kappa shape index (κ3) is 1.88. The number of nitrogen functional groups attached to an aromatic ring is 1. The summed E-state index contributed by atoms with van der Waals surface area (Å²) in [6.45, 7) is 1.95. The highest BCUT2D eigenvalue weighted by molar-refractivity contribution is 5.71. The van der Waals surface area contributed by atoms with E-state index in [1.165, 1.54) is 0 Å². The maximum atomic E-state index is 5.57. The molecule has 4 nitrogen and oxygen atoms in total. The molecule has 0 saturated heterocycles. The van der Waals surface area contributed by atoms with Crippen LogP contribution in [0.25, 0.3) is 0 Å². The van der Waals surface area contributed by atoms with Crippen LogP contribution in [0.4, 0.5) is 11.4 Å². The van der Waals surface area contributed by atoms with E-state index in [1.807, 2.05) is 19.1 Å². The summed E-state index contributed by atoms with van der Waals surface area (Å²) in [7, 11) is 0. The molecule has 0 saturated carbocycles. The summed E-state index contributed by atoms with van der Waals surface area (Å²) in [5.74, 6) is 0.170. The summed E-state index contributed by atoms with van der Waals surface area (Å²) >= 11 is 0. The van der Waals surface area contributed by atoms with Gasteiger partial charge in [-0.15, -0.1) is 0 Å². The topological polar surface area (TPSA) is 92.0 Å². The summed E-state index contributed by atoms with van der Waals surface area (Å²) in [4.78, 5) is 2.81. The Morgan fingerprint density at radius 1 is 1.33 bits per heavy atom. The van der Waals surface area contributed by atoms with Gasteiger partial charge in [0, 0.05) is 11.8 Å². The van der Waals surface area contributed by atoms with Gasteiger partial charge in [-0.05, 0) is 18.6 Å². The van der Waals surface area contributed by atoms with Crippen LogP contribution in [-0.2, 0) is 0 Å². The normalized spacial score (nSPS) is 9.42. The van der Waals surface area contributed by atoms with Crippen molar-refractivity contribution in [3.63, 3.8) is 0 Å². The van der Waals surface area contributed by atoms with Gasteiger partial charge in [0.25, 0.3) is 0 Å². The average Bonchev–Trinajstić information content (AvgIpc) is 1.96. The maximum Gasteiger partial charge on any atom is 0.343 e. The number of benzene rings is 1. The second-order valence-electron chi connectivity index (χ2n) is 2.65. The number of anilines is 1. The molecule has 0 aromatic heterocycles. The average molecular weight is 165 g/mol. The molecular weight excluding hydrogens is 152 g/mol. The van der Waals surface area contributed by atoms with Gasteiger partial charge in [0.1, 0.15) is 5.69 Å². The molecule has 12 heavy (non-hydrogen) atoms. The predicted molar refractivity (Wildman–Crippen MR) is 49.6 cm³/mol. The van der Waals surface area contributed by atoms with E-state index in [9.17, 15) is 0 Å². The fourth-order valence-electron chi connectivity index (χ4n) is 0.930. The first-order valence-corrected chi connectivity index (χ1v) is 3.60. The minimum absolute atomic E-state index is 0.170. The van der Waals surface area contributed by atoms with Gasteiger partial charge in [0.15, 0.2) is 0 Å². The number of hydrogen-bond donors (Lipinski definition) is 4. The summed E-state index contributed by atoms with van der Waals surface area (Å²) < 4.78 is 0. The molecule has 0 aliphatic rings. The fraction of sp³-hybridized carbons (Fsp3) is 0.125. The van der Waals surface area contributed by atoms with Crippen molar-refractivity contribution >= 4 is 17.3 Å². The van der Waals surface area contributed by atoms with E-state index >= 15 is 0 Å². The Labute approximate surface area is 71.1 Å². The molecule has 0 fully saturated rings. The number of aryl methyl sites for hydroxylation is 1. The largest absolute Gasteiger partial charge is 0.399 e. The van der Waals surface area contributed by atoms with Crippen molar-refractivity contribution in [1.29, 1.82) is 0 Å². The number of nitrogens with one attached hydrogen (secondary N) is 1. The van der Waals surface area contributed by atoms with Crippen LogP contribution in [0.3, 0.4) is 0 Å². The van der Waals surface area contributed by atoms with E-state index in [-0.39, 0.29) is 5.96 Å². The number of hydrogen-bond acceptors (Lipinski definition) is 1. The lowest BCUT2D eigenvalue weighted by atomic mass is 10.2. The zero-order chi connectivity index (χ0) is 9.14. The molecule has 0 atom stereocenters. The van der Waals surface area contributed by atoms with Crippen LogP contribution in [0.2, 0.25) is 0 Å². The van der Waals surface area contributed by atoms with E-state index in [2.05, 4.69) is 4.99 Å². The van der Waals surface area contributed by atoms with Crippen LogP contribution < -0.4 is 22.2 Å². The molecule has 4 heteroatoms. The minimum atomic E-state index is 0.170. The Kier molecular flexibility index (Phi) is 2.19. The molecule has 1 rings (SSSR count). The van der Waals surface area contributed by atoms with E-state index in [0.29, 0.717) is 5.69 Å². The van der Waals surface area contributed by atoms with Crippen LogP contribution in [0.5, 0.6) is 0 Å². The lowest BCUT2D eigenvalue weighted by Crippen LogP contribution is -2.72.